The molecule has 1 aliphatic heterocycles. The third-order valence-electron chi connectivity index (χ3n) is 5.34. The van der Waals surface area contributed by atoms with Crippen LogP contribution in [0.3, 0.4) is 0 Å². The smallest absolute Gasteiger partial charge is 0.265 e. The van der Waals surface area contributed by atoms with Crippen LogP contribution in [0.15, 0.2) is 59.6 Å². The van der Waals surface area contributed by atoms with E-state index in [-0.39, 0.29) is 11.8 Å². The lowest BCUT2D eigenvalue weighted by molar-refractivity contribution is 0.0954. The summed E-state index contributed by atoms with van der Waals surface area (Å²) in [5.74, 6) is 4.99. The summed E-state index contributed by atoms with van der Waals surface area (Å²) in [5, 5.41) is 13.6. The summed E-state index contributed by atoms with van der Waals surface area (Å²) in [6.07, 6.45) is 2.95. The molecule has 1 aliphatic rings. The molecule has 0 saturated heterocycles. The molecule has 0 aliphatic carbocycles. The van der Waals surface area contributed by atoms with Gasteiger partial charge in [-0.15, -0.1) is 0 Å². The molecular weight excluding hydrogens is 388 g/mol. The molecule has 0 spiro atoms. The van der Waals surface area contributed by atoms with Crippen LogP contribution in [0.1, 0.15) is 49.0 Å². The molecule has 2 aromatic rings. The Labute approximate surface area is 176 Å². The SMILES string of the molecule is CCCCC1(C)NC(O)=C(Cl)N1Cc1ccc(-c2ccccc2C(=O)NN)cc1. The first-order valence-corrected chi connectivity index (χ1v) is 10.1. The van der Waals surface area contributed by atoms with Crippen LogP contribution in [0, 0.1) is 0 Å². The van der Waals surface area contributed by atoms with Gasteiger partial charge in [0.05, 0.1) is 0 Å². The van der Waals surface area contributed by atoms with Crippen LogP contribution in [0.25, 0.3) is 11.1 Å². The fraction of sp³-hybridized carbons (Fsp3) is 0.318. The number of rotatable bonds is 7. The molecule has 0 aromatic heterocycles. The van der Waals surface area contributed by atoms with Gasteiger partial charge in [-0.1, -0.05) is 67.4 Å². The maximum Gasteiger partial charge on any atom is 0.265 e. The molecule has 5 N–H and O–H groups in total. The number of aliphatic hydroxyl groups excluding tert-OH is 1. The van der Waals surface area contributed by atoms with Gasteiger partial charge in [0.1, 0.15) is 5.66 Å². The highest BCUT2D eigenvalue weighted by Crippen LogP contribution is 2.35. The fourth-order valence-corrected chi connectivity index (χ4v) is 3.96. The van der Waals surface area contributed by atoms with E-state index in [1.54, 1.807) is 12.1 Å². The van der Waals surface area contributed by atoms with Crippen molar-refractivity contribution in [2.24, 2.45) is 5.84 Å². The van der Waals surface area contributed by atoms with Crippen LogP contribution in [-0.2, 0) is 6.54 Å². The molecule has 1 heterocycles. The Balaban J connectivity index is 1.83. The quantitative estimate of drug-likeness (QED) is 0.236. The van der Waals surface area contributed by atoms with Crippen LogP contribution in [-0.4, -0.2) is 21.6 Å². The minimum atomic E-state index is -0.429. The van der Waals surface area contributed by atoms with Crippen LogP contribution in [0.2, 0.25) is 0 Å². The van der Waals surface area contributed by atoms with Crippen LogP contribution in [0.4, 0.5) is 0 Å². The number of nitrogens with two attached hydrogens (primary N) is 1. The molecule has 1 amide bonds. The minimum absolute atomic E-state index is 0.0172. The van der Waals surface area contributed by atoms with E-state index in [0.29, 0.717) is 17.3 Å². The topological polar surface area (TPSA) is 90.6 Å². The van der Waals surface area contributed by atoms with Crippen LogP contribution in [0.5, 0.6) is 0 Å². The van der Waals surface area contributed by atoms with Crippen LogP contribution < -0.4 is 16.6 Å². The second kappa shape index (κ2) is 8.76. The molecule has 154 valence electrons. The number of aliphatic hydroxyl groups is 1. The first-order valence-electron chi connectivity index (χ1n) is 9.73. The number of nitrogens with zero attached hydrogens (tertiary/aromatic N) is 1. The van der Waals surface area contributed by atoms with Crippen molar-refractivity contribution in [1.82, 2.24) is 15.6 Å². The molecule has 0 bridgehead atoms. The summed E-state index contributed by atoms with van der Waals surface area (Å²) in [7, 11) is 0. The van der Waals surface area contributed by atoms with Crippen LogP contribution >= 0.6 is 11.6 Å². The highest BCUT2D eigenvalue weighted by Gasteiger charge is 2.40. The Hall–Kier alpha value is -2.70. The Bertz CT molecular complexity index is 913. The van der Waals surface area contributed by atoms with Crippen molar-refractivity contribution in [2.75, 3.05) is 0 Å². The number of unbranched alkanes of at least 4 members (excludes halogenated alkanes) is 1. The van der Waals surface area contributed by atoms with Gasteiger partial charge < -0.3 is 15.3 Å². The lowest BCUT2D eigenvalue weighted by Gasteiger charge is -2.37. The number of carbonyl (C=O) groups excluding carboxylic acids is 1. The summed E-state index contributed by atoms with van der Waals surface area (Å²) in [5.41, 5.74) is 5.07. The van der Waals surface area contributed by atoms with Gasteiger partial charge in [-0.3, -0.25) is 10.2 Å². The first kappa shape index (κ1) is 21.0. The second-order valence-corrected chi connectivity index (χ2v) is 7.80. The number of benzene rings is 2. The summed E-state index contributed by atoms with van der Waals surface area (Å²) in [6, 6.07) is 15.3. The van der Waals surface area contributed by atoms with Gasteiger partial charge in [-0.25, -0.2) is 5.84 Å². The molecule has 0 saturated carbocycles. The summed E-state index contributed by atoms with van der Waals surface area (Å²) in [6.45, 7) is 4.74. The van der Waals surface area contributed by atoms with E-state index in [0.717, 1.165) is 36.0 Å². The molecule has 1 atom stereocenters. The van der Waals surface area contributed by atoms with E-state index < -0.39 is 5.66 Å². The fourth-order valence-electron chi connectivity index (χ4n) is 3.66. The van der Waals surface area contributed by atoms with E-state index >= 15 is 0 Å². The predicted molar refractivity (Wildman–Crippen MR) is 116 cm³/mol. The number of carbonyl (C=O) groups is 1. The Morgan fingerprint density at radius 2 is 1.93 bits per heavy atom. The standard InChI is InChI=1S/C22H27ClN4O2/c1-3-4-13-22(2)25-21(29)19(23)27(22)14-15-9-11-16(12-10-15)17-7-5-6-8-18(17)20(28)26-24/h5-12,25,29H,3-4,13-14,24H2,1-2H3,(H,26,28). The average molecular weight is 415 g/mol. The molecule has 6 nitrogen and oxygen atoms in total. The largest absolute Gasteiger partial charge is 0.493 e. The van der Waals surface area contributed by atoms with Crippen molar-refractivity contribution >= 4 is 17.5 Å². The normalized spacial score (nSPS) is 18.7. The summed E-state index contributed by atoms with van der Waals surface area (Å²) in [4.78, 5) is 14.0. The number of hydrogen-bond donors (Lipinski definition) is 4. The van der Waals surface area contributed by atoms with Gasteiger partial charge in [-0.2, -0.15) is 0 Å². The molecule has 29 heavy (non-hydrogen) atoms. The molecule has 3 rings (SSSR count). The van der Waals surface area contributed by atoms with Crippen molar-refractivity contribution in [3.8, 4) is 11.1 Å². The van der Waals surface area contributed by atoms with Crippen molar-refractivity contribution in [1.29, 1.82) is 0 Å². The average Bonchev–Trinajstić information content (AvgIpc) is 2.95. The molecule has 1 unspecified atom stereocenters. The number of nitrogens with one attached hydrogen (secondary N) is 2. The zero-order valence-electron chi connectivity index (χ0n) is 16.7. The number of nitrogen functional groups attached to an aromatic ring is 1. The molecule has 2 aromatic carbocycles. The van der Waals surface area contributed by atoms with Crippen molar-refractivity contribution < 1.29 is 9.90 Å². The summed E-state index contributed by atoms with van der Waals surface area (Å²) < 4.78 is 0. The molecule has 0 fully saturated rings. The number of hydrazine groups is 1. The zero-order valence-corrected chi connectivity index (χ0v) is 17.5. The van der Waals surface area contributed by atoms with E-state index in [9.17, 15) is 9.90 Å². The lowest BCUT2D eigenvalue weighted by Crippen LogP contribution is -2.49. The first-order chi connectivity index (χ1) is 13.9. The van der Waals surface area contributed by atoms with E-state index in [2.05, 4.69) is 17.7 Å². The van der Waals surface area contributed by atoms with Gasteiger partial charge in [0, 0.05) is 12.1 Å². The van der Waals surface area contributed by atoms with Gasteiger partial charge in [-0.05, 0) is 42.5 Å². The second-order valence-electron chi connectivity index (χ2n) is 7.44. The Morgan fingerprint density at radius 1 is 1.24 bits per heavy atom. The van der Waals surface area contributed by atoms with E-state index in [1.807, 2.05) is 48.2 Å². The lowest BCUT2D eigenvalue weighted by atomic mass is 9.98. The number of halogens is 1. The third-order valence-corrected chi connectivity index (χ3v) is 5.72. The molecular formula is C22H27ClN4O2. The highest BCUT2D eigenvalue weighted by molar-refractivity contribution is 6.29. The monoisotopic (exact) mass is 414 g/mol. The van der Waals surface area contributed by atoms with Crippen molar-refractivity contribution in [3.05, 3.63) is 70.7 Å². The highest BCUT2D eigenvalue weighted by atomic mass is 35.5. The predicted octanol–water partition coefficient (Wildman–Crippen LogP) is 4.19. The van der Waals surface area contributed by atoms with Crippen molar-refractivity contribution in [3.63, 3.8) is 0 Å². The maximum atomic E-state index is 12.0. The number of hydrogen-bond acceptors (Lipinski definition) is 5. The number of amides is 1. The zero-order chi connectivity index (χ0) is 21.0. The molecule has 7 heteroatoms. The molecule has 0 radical (unpaired) electrons. The van der Waals surface area contributed by atoms with Gasteiger partial charge in [0.15, 0.2) is 5.16 Å². The van der Waals surface area contributed by atoms with Gasteiger partial charge >= 0.3 is 0 Å². The Kier molecular flexibility index (Phi) is 6.35. The Morgan fingerprint density at radius 3 is 2.59 bits per heavy atom. The van der Waals surface area contributed by atoms with Crippen molar-refractivity contribution in [2.45, 2.75) is 45.3 Å². The summed E-state index contributed by atoms with van der Waals surface area (Å²) >= 11 is 6.38. The van der Waals surface area contributed by atoms with Gasteiger partial charge in [0.2, 0.25) is 5.88 Å². The third kappa shape index (κ3) is 4.33. The minimum Gasteiger partial charge on any atom is -0.493 e. The van der Waals surface area contributed by atoms with Gasteiger partial charge in [0.25, 0.3) is 5.91 Å². The van der Waals surface area contributed by atoms with E-state index in [1.165, 1.54) is 0 Å². The maximum absolute atomic E-state index is 12.0. The van der Waals surface area contributed by atoms with E-state index in [4.69, 9.17) is 17.4 Å².